The lowest BCUT2D eigenvalue weighted by Gasteiger charge is -2.22. The Morgan fingerprint density at radius 3 is 2.56 bits per heavy atom. The van der Waals surface area contributed by atoms with Gasteiger partial charge in [-0.05, 0) is 69.0 Å². The number of methoxy groups -OCH3 is 1. The normalized spacial score (nSPS) is 14.6. The van der Waals surface area contributed by atoms with Crippen molar-refractivity contribution in [2.45, 2.75) is 44.9 Å². The summed E-state index contributed by atoms with van der Waals surface area (Å²) in [6.45, 7) is 1.32. The Hall–Kier alpha value is -2.04. The number of carbonyl (C=O) groups is 1. The van der Waals surface area contributed by atoms with E-state index in [1.54, 1.807) is 18.3 Å². The third kappa shape index (κ3) is 5.13. The van der Waals surface area contributed by atoms with Crippen molar-refractivity contribution in [2.24, 2.45) is 5.10 Å². The van der Waals surface area contributed by atoms with Crippen LogP contribution in [0.2, 0.25) is 0 Å². The van der Waals surface area contributed by atoms with Crippen LogP contribution in [0.5, 0.6) is 11.5 Å². The Morgan fingerprint density at radius 1 is 1.15 bits per heavy atom. The van der Waals surface area contributed by atoms with Gasteiger partial charge in [0.2, 0.25) is 0 Å². The van der Waals surface area contributed by atoms with Gasteiger partial charge in [0.05, 0.1) is 28.7 Å². The summed E-state index contributed by atoms with van der Waals surface area (Å²) in [4.78, 5) is 29.9. The number of hydrogen-bond donors (Lipinski definition) is 0. The van der Waals surface area contributed by atoms with E-state index in [0.717, 1.165) is 30.2 Å². The number of halogens is 3. The van der Waals surface area contributed by atoms with Crippen LogP contribution in [0.1, 0.15) is 56.3 Å². The number of ether oxygens (including phenoxy) is 2. The molecule has 1 fully saturated rings. The van der Waals surface area contributed by atoms with Gasteiger partial charge in [-0.15, -0.1) is 0 Å². The van der Waals surface area contributed by atoms with Gasteiger partial charge in [-0.1, -0.05) is 35.2 Å². The van der Waals surface area contributed by atoms with E-state index in [1.165, 1.54) is 25.1 Å². The second kappa shape index (κ2) is 10.7. The predicted octanol–water partition coefficient (Wildman–Crippen LogP) is 6.55. The highest BCUT2D eigenvalue weighted by Crippen LogP contribution is 2.42. The second-order valence-electron chi connectivity index (χ2n) is 8.05. The Balaban J connectivity index is 1.86. The summed E-state index contributed by atoms with van der Waals surface area (Å²) < 4.78 is 14.0. The first-order valence-corrected chi connectivity index (χ1v) is 13.2. The SMILES string of the molecule is COc1cc(C=Nn2c(C3CCCCC3)nc3ccc(Br)cc3c2=O)c(Br)c(Br)c1OC(C)=O. The molecule has 1 aliphatic carbocycles. The zero-order valence-electron chi connectivity index (χ0n) is 18.6. The van der Waals surface area contributed by atoms with Crippen LogP contribution in [-0.4, -0.2) is 29.0 Å². The molecule has 1 saturated carbocycles. The number of aromatic nitrogens is 2. The fourth-order valence-electron chi connectivity index (χ4n) is 4.11. The molecule has 0 spiro atoms. The third-order valence-electron chi connectivity index (χ3n) is 5.74. The number of rotatable bonds is 5. The zero-order chi connectivity index (χ0) is 24.4. The quantitative estimate of drug-likeness (QED) is 0.177. The van der Waals surface area contributed by atoms with E-state index < -0.39 is 5.97 Å². The molecule has 0 unspecified atom stereocenters. The Morgan fingerprint density at radius 2 is 1.88 bits per heavy atom. The molecule has 1 aromatic heterocycles. The molecule has 0 bridgehead atoms. The molecule has 1 aliphatic rings. The summed E-state index contributed by atoms with van der Waals surface area (Å²) in [5.74, 6) is 0.991. The van der Waals surface area contributed by atoms with Gasteiger partial charge in [0.25, 0.3) is 5.56 Å². The van der Waals surface area contributed by atoms with Crippen LogP contribution in [0, 0.1) is 0 Å². The molecule has 3 aromatic rings. The number of nitrogens with zero attached hydrogens (tertiary/aromatic N) is 3. The summed E-state index contributed by atoms with van der Waals surface area (Å²) in [6.07, 6.45) is 6.94. The van der Waals surface area contributed by atoms with Crippen molar-refractivity contribution in [2.75, 3.05) is 7.11 Å². The minimum absolute atomic E-state index is 0.169. The number of fused-ring (bicyclic) bond motifs is 1. The van der Waals surface area contributed by atoms with Gasteiger partial charge in [-0.25, -0.2) is 4.98 Å². The van der Waals surface area contributed by atoms with Crippen LogP contribution in [0.25, 0.3) is 10.9 Å². The highest BCUT2D eigenvalue weighted by Gasteiger charge is 2.23. The van der Waals surface area contributed by atoms with E-state index in [2.05, 4.69) is 52.9 Å². The Kier molecular flexibility index (Phi) is 7.89. The minimum Gasteiger partial charge on any atom is -0.493 e. The van der Waals surface area contributed by atoms with Crippen molar-refractivity contribution < 1.29 is 14.3 Å². The average Bonchev–Trinajstić information content (AvgIpc) is 2.83. The number of esters is 1. The largest absolute Gasteiger partial charge is 0.493 e. The standard InChI is InChI=1S/C24H22Br3N3O4/c1-13(31)34-22-19(33-2)10-15(20(26)21(22)27)12-28-30-23(14-6-4-3-5-7-14)29-18-9-8-16(25)11-17(18)24(30)32/h8-12,14H,3-7H2,1-2H3. The molecular weight excluding hydrogens is 634 g/mol. The molecule has 178 valence electrons. The van der Waals surface area contributed by atoms with Gasteiger partial charge in [0, 0.05) is 27.4 Å². The molecule has 0 saturated heterocycles. The van der Waals surface area contributed by atoms with Crippen LogP contribution >= 0.6 is 47.8 Å². The topological polar surface area (TPSA) is 82.8 Å². The maximum atomic E-state index is 13.5. The summed E-state index contributed by atoms with van der Waals surface area (Å²) in [6, 6.07) is 7.20. The van der Waals surface area contributed by atoms with Crippen molar-refractivity contribution in [3.63, 3.8) is 0 Å². The summed E-state index contributed by atoms with van der Waals surface area (Å²) in [7, 11) is 1.49. The Labute approximate surface area is 221 Å². The molecule has 0 N–H and O–H groups in total. The van der Waals surface area contributed by atoms with Crippen LogP contribution in [0.15, 0.2) is 47.6 Å². The van der Waals surface area contributed by atoms with Gasteiger partial charge in [0.15, 0.2) is 11.5 Å². The van der Waals surface area contributed by atoms with Crippen molar-refractivity contribution in [1.82, 2.24) is 9.66 Å². The van der Waals surface area contributed by atoms with E-state index >= 15 is 0 Å². The maximum absolute atomic E-state index is 13.5. The molecule has 10 heteroatoms. The lowest BCUT2D eigenvalue weighted by Crippen LogP contribution is -2.25. The molecule has 0 radical (unpaired) electrons. The first-order chi connectivity index (χ1) is 16.3. The fraction of sp³-hybridized carbons (Fsp3) is 0.333. The molecule has 0 amide bonds. The van der Waals surface area contributed by atoms with E-state index in [9.17, 15) is 9.59 Å². The minimum atomic E-state index is -0.468. The summed E-state index contributed by atoms with van der Waals surface area (Å²) in [5.41, 5.74) is 1.08. The molecule has 4 rings (SSSR count). The van der Waals surface area contributed by atoms with Crippen LogP contribution < -0.4 is 15.0 Å². The Bertz CT molecular complexity index is 1350. The zero-order valence-corrected chi connectivity index (χ0v) is 23.4. The lowest BCUT2D eigenvalue weighted by atomic mass is 9.88. The smallest absolute Gasteiger partial charge is 0.308 e. The van der Waals surface area contributed by atoms with Crippen LogP contribution in [0.3, 0.4) is 0 Å². The summed E-state index contributed by atoms with van der Waals surface area (Å²) >= 11 is 10.4. The molecule has 2 aromatic carbocycles. The van der Waals surface area contributed by atoms with Gasteiger partial charge in [-0.3, -0.25) is 9.59 Å². The average molecular weight is 656 g/mol. The van der Waals surface area contributed by atoms with Gasteiger partial charge >= 0.3 is 5.97 Å². The predicted molar refractivity (Wildman–Crippen MR) is 142 cm³/mol. The fourth-order valence-corrected chi connectivity index (χ4v) is 5.37. The molecular formula is C24H22Br3N3O4. The number of benzene rings is 2. The van der Waals surface area contributed by atoms with Crippen molar-refractivity contribution in [1.29, 1.82) is 0 Å². The van der Waals surface area contributed by atoms with E-state index in [4.69, 9.17) is 14.5 Å². The second-order valence-corrected chi connectivity index (χ2v) is 10.5. The van der Waals surface area contributed by atoms with Gasteiger partial charge in [-0.2, -0.15) is 9.78 Å². The van der Waals surface area contributed by atoms with Gasteiger partial charge < -0.3 is 9.47 Å². The highest BCUT2D eigenvalue weighted by molar-refractivity contribution is 9.13. The first-order valence-electron chi connectivity index (χ1n) is 10.8. The molecule has 7 nitrogen and oxygen atoms in total. The molecule has 0 atom stereocenters. The van der Waals surface area contributed by atoms with E-state index in [1.807, 2.05) is 12.1 Å². The van der Waals surface area contributed by atoms with Crippen LogP contribution in [-0.2, 0) is 4.79 Å². The van der Waals surface area contributed by atoms with Crippen LogP contribution in [0.4, 0.5) is 0 Å². The van der Waals surface area contributed by atoms with Gasteiger partial charge in [0.1, 0.15) is 5.82 Å². The first kappa shape index (κ1) is 25.1. The number of carbonyl (C=O) groups excluding carboxylic acids is 1. The summed E-state index contributed by atoms with van der Waals surface area (Å²) in [5, 5.41) is 5.08. The van der Waals surface area contributed by atoms with E-state index in [0.29, 0.717) is 37.0 Å². The van der Waals surface area contributed by atoms with E-state index in [-0.39, 0.29) is 17.2 Å². The monoisotopic (exact) mass is 653 g/mol. The highest BCUT2D eigenvalue weighted by atomic mass is 79.9. The number of hydrogen-bond acceptors (Lipinski definition) is 6. The molecule has 0 aliphatic heterocycles. The van der Waals surface area contributed by atoms with Crippen molar-refractivity contribution >= 4 is 70.9 Å². The molecule has 34 heavy (non-hydrogen) atoms. The van der Waals surface area contributed by atoms with Crippen molar-refractivity contribution in [3.8, 4) is 11.5 Å². The maximum Gasteiger partial charge on any atom is 0.308 e. The third-order valence-corrected chi connectivity index (χ3v) is 8.37. The molecule has 1 heterocycles. The lowest BCUT2D eigenvalue weighted by molar-refractivity contribution is -0.132. The van der Waals surface area contributed by atoms with Crippen molar-refractivity contribution in [3.05, 3.63) is 59.4 Å².